The van der Waals surface area contributed by atoms with Gasteiger partial charge in [0.25, 0.3) is 6.71 Å². The first-order chi connectivity index (χ1) is 50.0. The largest absolute Gasteiger partial charge is 0.310 e. The molecule has 10 aromatic carbocycles. The number of allylic oxidation sites excluding steroid dienone is 12. The molecule has 2 fully saturated rings. The van der Waals surface area contributed by atoms with Gasteiger partial charge >= 0.3 is 0 Å². The van der Waals surface area contributed by atoms with Gasteiger partial charge in [-0.15, -0.1) is 0 Å². The minimum Gasteiger partial charge on any atom is -0.310 e. The Labute approximate surface area is 614 Å². The molecular weight excluding hydrogens is 1240 g/mol. The van der Waals surface area contributed by atoms with Gasteiger partial charge < -0.3 is 9.80 Å². The topological polar surface area (TPSA) is 6.48 Å². The molecule has 103 heavy (non-hydrogen) atoms. The van der Waals surface area contributed by atoms with Crippen LogP contribution in [0.4, 0.5) is 34.1 Å². The molecule has 3 unspecified atom stereocenters. The van der Waals surface area contributed by atoms with E-state index in [0.717, 1.165) is 6.42 Å². The van der Waals surface area contributed by atoms with Crippen molar-refractivity contribution in [1.82, 2.24) is 0 Å². The SMILES string of the molecule is CC(C)(C)C1=CC2=CC(c3ccc4c(c3)N(c3c(-c5ccccc5)cc(C5CCCCC5)cc3-c3ccccc3)c3cc(C(C)(C)C)cc5c3B4c3ccc(-c4ccccc4)cc3N5c3c(-c4ccccc4)cc(C4CCCCC4)cc3-c3ccccc3)=C3C=C(C(C)(C)C)CC4C=CC(=C1)C2C34. The highest BCUT2D eigenvalue weighted by molar-refractivity contribution is 7.00. The fraction of sp³-hybridized carbons (Fsp3) is 0.280. The molecule has 0 bridgehead atoms. The summed E-state index contributed by atoms with van der Waals surface area (Å²) in [5.41, 5.74) is 37.7. The van der Waals surface area contributed by atoms with Gasteiger partial charge in [0.2, 0.25) is 0 Å². The van der Waals surface area contributed by atoms with Crippen LogP contribution < -0.4 is 26.2 Å². The number of benzene rings is 10. The number of hydrogen-bond donors (Lipinski definition) is 0. The second-order valence-electron chi connectivity index (χ2n) is 34.4. The maximum absolute atomic E-state index is 2.84. The van der Waals surface area contributed by atoms with Gasteiger partial charge in [-0.3, -0.25) is 0 Å². The molecule has 18 rings (SSSR count). The first-order valence-electron chi connectivity index (χ1n) is 39.0. The minimum absolute atomic E-state index is 0.0109. The van der Waals surface area contributed by atoms with E-state index in [-0.39, 0.29) is 23.0 Å². The predicted molar refractivity (Wildman–Crippen MR) is 440 cm³/mol. The van der Waals surface area contributed by atoms with Gasteiger partial charge in [0, 0.05) is 56.8 Å². The van der Waals surface area contributed by atoms with Crippen LogP contribution in [0.3, 0.4) is 0 Å². The van der Waals surface area contributed by atoms with E-state index in [9.17, 15) is 0 Å². The van der Waals surface area contributed by atoms with Gasteiger partial charge in [-0.25, -0.2) is 0 Å². The molecule has 2 nitrogen and oxygen atoms in total. The van der Waals surface area contributed by atoms with Crippen molar-refractivity contribution in [3.8, 4) is 55.6 Å². The third-order valence-corrected chi connectivity index (χ3v) is 24.9. The lowest BCUT2D eigenvalue weighted by molar-refractivity contribution is 0.329. The third kappa shape index (κ3) is 11.5. The van der Waals surface area contributed by atoms with Crippen LogP contribution in [0.25, 0.3) is 61.2 Å². The van der Waals surface area contributed by atoms with Crippen molar-refractivity contribution in [2.45, 2.75) is 150 Å². The zero-order chi connectivity index (χ0) is 70.0. The van der Waals surface area contributed by atoms with Gasteiger partial charge in [0.15, 0.2) is 0 Å². The van der Waals surface area contributed by atoms with Crippen LogP contribution in [0.2, 0.25) is 0 Å². The molecule has 0 spiro atoms. The second kappa shape index (κ2) is 25.6. The molecule has 0 saturated heterocycles. The van der Waals surface area contributed by atoms with Crippen molar-refractivity contribution in [3.05, 3.63) is 311 Å². The standard InChI is InChI=1S/C100H97BN2/c1-98(2,3)78-51-73-45-46-74-52-79(99(4,5)6)61-86-81(58-77(53-78)93(73)94(74)86)72-48-50-88-90(60-72)103(97-84(69-41-27-15-28-42-69)56-76(66-35-21-12-22-36-66)57-85(97)70-43-29-16-30-44-70)92-63-80(100(7,8)9)62-91-95(92)101(88)87-49-47-71(64-31-17-10-18-32-64)59-89(87)102(91)96-82(67-37-23-13-24-38-67)54-75(65-33-19-11-20-34-65)55-83(96)68-39-25-14-26-40-68/h10,13-18,23-32,37-51,53-63,65-66,74,93-94H,11-12,19-22,33-36,52H2,1-9H3. The van der Waals surface area contributed by atoms with Crippen LogP contribution in [0.15, 0.2) is 289 Å². The number of fused-ring (bicyclic) bond motifs is 4. The van der Waals surface area contributed by atoms with Gasteiger partial charge in [-0.2, -0.15) is 0 Å². The molecule has 10 aromatic rings. The predicted octanol–water partition coefficient (Wildman–Crippen LogP) is 25.9. The van der Waals surface area contributed by atoms with Crippen LogP contribution in [-0.4, -0.2) is 6.71 Å². The highest BCUT2D eigenvalue weighted by atomic mass is 15.2. The van der Waals surface area contributed by atoms with Crippen molar-refractivity contribution < 1.29 is 0 Å². The quantitative estimate of drug-likeness (QED) is 0.126. The van der Waals surface area contributed by atoms with Gasteiger partial charge in [-0.1, -0.05) is 319 Å². The summed E-state index contributed by atoms with van der Waals surface area (Å²) in [6.07, 6.45) is 29.2. The van der Waals surface area contributed by atoms with E-state index >= 15 is 0 Å². The molecule has 8 aliphatic rings. The van der Waals surface area contributed by atoms with Crippen molar-refractivity contribution in [3.63, 3.8) is 0 Å². The summed E-state index contributed by atoms with van der Waals surface area (Å²) in [7, 11) is 0. The molecule has 3 heteroatoms. The molecular formula is C100H97BN2. The zero-order valence-corrected chi connectivity index (χ0v) is 62.0. The number of rotatable bonds is 10. The van der Waals surface area contributed by atoms with E-state index in [4.69, 9.17) is 0 Å². The Morgan fingerprint density at radius 3 is 1.24 bits per heavy atom. The number of hydrogen-bond acceptors (Lipinski definition) is 2. The Bertz CT molecular complexity index is 5060. The Kier molecular flexibility index (Phi) is 16.3. The molecule has 0 amide bonds. The van der Waals surface area contributed by atoms with Crippen LogP contribution in [0.5, 0.6) is 0 Å². The Morgan fingerprint density at radius 1 is 0.369 bits per heavy atom. The Hall–Kier alpha value is -9.70. The van der Waals surface area contributed by atoms with Crippen molar-refractivity contribution >= 4 is 62.8 Å². The first-order valence-corrected chi connectivity index (χ1v) is 39.0. The van der Waals surface area contributed by atoms with Crippen LogP contribution >= 0.6 is 0 Å². The van der Waals surface area contributed by atoms with E-state index in [1.807, 2.05) is 0 Å². The highest BCUT2D eigenvalue weighted by Crippen LogP contribution is 2.60. The molecule has 510 valence electrons. The van der Waals surface area contributed by atoms with Crippen molar-refractivity contribution in [2.24, 2.45) is 28.6 Å². The van der Waals surface area contributed by atoms with Crippen molar-refractivity contribution in [2.75, 3.05) is 9.80 Å². The molecule has 2 saturated carbocycles. The lowest BCUT2D eigenvalue weighted by Crippen LogP contribution is -2.61. The average molecular weight is 1340 g/mol. The van der Waals surface area contributed by atoms with E-state index in [1.165, 1.54) is 220 Å². The molecule has 0 aromatic heterocycles. The smallest absolute Gasteiger partial charge is 0.252 e. The lowest BCUT2D eigenvalue weighted by atomic mass is 9.33. The second-order valence-corrected chi connectivity index (χ2v) is 34.4. The summed E-state index contributed by atoms with van der Waals surface area (Å²) in [6.45, 7) is 21.7. The van der Waals surface area contributed by atoms with Crippen LogP contribution in [-0.2, 0) is 5.41 Å². The van der Waals surface area contributed by atoms with Crippen LogP contribution in [0.1, 0.15) is 167 Å². The number of nitrogens with zero attached hydrogens (tertiary/aromatic N) is 2. The number of anilines is 6. The zero-order valence-electron chi connectivity index (χ0n) is 62.0. The summed E-state index contributed by atoms with van der Waals surface area (Å²) in [4.78, 5) is 5.64. The summed E-state index contributed by atoms with van der Waals surface area (Å²) in [5.74, 6) is 2.00. The molecule has 3 atom stereocenters. The van der Waals surface area contributed by atoms with E-state index in [1.54, 1.807) is 5.57 Å². The Morgan fingerprint density at radius 2 is 0.806 bits per heavy atom. The van der Waals surface area contributed by atoms with Crippen molar-refractivity contribution in [1.29, 1.82) is 0 Å². The molecule has 0 radical (unpaired) electrons. The molecule has 2 heterocycles. The van der Waals surface area contributed by atoms with Gasteiger partial charge in [0.05, 0.1) is 11.4 Å². The molecule has 2 aliphatic heterocycles. The van der Waals surface area contributed by atoms with E-state index in [0.29, 0.717) is 29.6 Å². The maximum Gasteiger partial charge on any atom is 0.252 e. The summed E-state index contributed by atoms with van der Waals surface area (Å²) < 4.78 is 0. The minimum atomic E-state index is -0.273. The summed E-state index contributed by atoms with van der Waals surface area (Å²) in [5, 5.41) is 0. The first kappa shape index (κ1) is 65.3. The monoisotopic (exact) mass is 1340 g/mol. The average Bonchev–Trinajstić information content (AvgIpc) is 0.687. The normalized spacial score (nSPS) is 19.4. The summed E-state index contributed by atoms with van der Waals surface area (Å²) >= 11 is 0. The maximum atomic E-state index is 2.84. The van der Waals surface area contributed by atoms with Gasteiger partial charge in [0.1, 0.15) is 0 Å². The highest BCUT2D eigenvalue weighted by Gasteiger charge is 2.49. The third-order valence-electron chi connectivity index (χ3n) is 24.9. The fourth-order valence-electron chi connectivity index (χ4n) is 19.4. The van der Waals surface area contributed by atoms with Crippen LogP contribution in [0, 0.1) is 28.6 Å². The Balaban J connectivity index is 0.996. The lowest BCUT2D eigenvalue weighted by Gasteiger charge is -2.48. The van der Waals surface area contributed by atoms with Gasteiger partial charge in [-0.05, 0) is 215 Å². The molecule has 0 N–H and O–H groups in total. The fourth-order valence-corrected chi connectivity index (χ4v) is 19.4. The van der Waals surface area contributed by atoms with E-state index in [2.05, 4.69) is 333 Å². The molecule has 6 aliphatic carbocycles. The van der Waals surface area contributed by atoms with E-state index < -0.39 is 0 Å². The summed E-state index contributed by atoms with van der Waals surface area (Å²) in [6, 6.07) is 88.3.